The molecule has 2 nitrogen and oxygen atoms in total. The number of halogens is 1. The molecule has 2 heterocycles. The molecule has 1 saturated heterocycles. The minimum Gasteiger partial charge on any atom is -0.316 e. The van der Waals surface area contributed by atoms with Gasteiger partial charge in [0.25, 0.3) is 0 Å². The SMILES string of the molecule is CNC(CC1CCCNC1)c1ccc(Br)s1. The maximum absolute atomic E-state index is 3.53. The standard InChI is InChI=1S/C12H19BrN2S/c1-14-10(11-4-5-12(13)16-11)7-9-3-2-6-15-8-9/h4-5,9-10,14-15H,2-3,6-8H2,1H3. The molecule has 2 rings (SSSR count). The predicted octanol–water partition coefficient (Wildman–Crippen LogP) is 3.16. The van der Waals surface area contributed by atoms with Gasteiger partial charge in [0, 0.05) is 10.9 Å². The van der Waals surface area contributed by atoms with E-state index in [1.807, 2.05) is 11.3 Å². The van der Waals surface area contributed by atoms with Crippen LogP contribution in [0.4, 0.5) is 0 Å². The molecule has 90 valence electrons. The fraction of sp³-hybridized carbons (Fsp3) is 0.667. The fourth-order valence-electron chi connectivity index (χ4n) is 2.35. The van der Waals surface area contributed by atoms with Gasteiger partial charge in [-0.15, -0.1) is 11.3 Å². The third kappa shape index (κ3) is 3.29. The molecule has 0 aromatic carbocycles. The molecule has 1 aromatic rings. The smallest absolute Gasteiger partial charge is 0.0701 e. The first-order valence-electron chi connectivity index (χ1n) is 5.93. The zero-order valence-corrected chi connectivity index (χ0v) is 12.0. The van der Waals surface area contributed by atoms with Crippen LogP contribution in [0.3, 0.4) is 0 Å². The van der Waals surface area contributed by atoms with Crippen molar-refractivity contribution in [2.75, 3.05) is 20.1 Å². The second-order valence-electron chi connectivity index (χ2n) is 4.43. The maximum atomic E-state index is 3.53. The lowest BCUT2D eigenvalue weighted by Crippen LogP contribution is -2.32. The van der Waals surface area contributed by atoms with Gasteiger partial charge in [0.2, 0.25) is 0 Å². The van der Waals surface area contributed by atoms with E-state index in [4.69, 9.17) is 0 Å². The van der Waals surface area contributed by atoms with Crippen LogP contribution in [0.1, 0.15) is 30.2 Å². The van der Waals surface area contributed by atoms with Gasteiger partial charge in [-0.1, -0.05) is 0 Å². The first kappa shape index (κ1) is 12.6. The van der Waals surface area contributed by atoms with E-state index < -0.39 is 0 Å². The summed E-state index contributed by atoms with van der Waals surface area (Å²) in [6, 6.07) is 4.89. The minimum atomic E-state index is 0.515. The van der Waals surface area contributed by atoms with Crippen LogP contribution in [0.15, 0.2) is 15.9 Å². The molecular formula is C12H19BrN2S. The van der Waals surface area contributed by atoms with Gasteiger partial charge in [0.1, 0.15) is 0 Å². The van der Waals surface area contributed by atoms with Crippen molar-refractivity contribution in [2.24, 2.45) is 5.92 Å². The average molecular weight is 303 g/mol. The van der Waals surface area contributed by atoms with Crippen molar-refractivity contribution in [3.05, 3.63) is 20.8 Å². The summed E-state index contributed by atoms with van der Waals surface area (Å²) < 4.78 is 1.23. The molecule has 1 aliphatic rings. The molecule has 2 N–H and O–H groups in total. The molecular weight excluding hydrogens is 284 g/mol. The lowest BCUT2D eigenvalue weighted by molar-refractivity contribution is 0.323. The van der Waals surface area contributed by atoms with E-state index in [9.17, 15) is 0 Å². The van der Waals surface area contributed by atoms with Crippen molar-refractivity contribution >= 4 is 27.3 Å². The lowest BCUT2D eigenvalue weighted by atomic mass is 9.92. The van der Waals surface area contributed by atoms with Gasteiger partial charge in [-0.05, 0) is 73.4 Å². The van der Waals surface area contributed by atoms with Gasteiger partial charge in [-0.2, -0.15) is 0 Å². The summed E-state index contributed by atoms with van der Waals surface area (Å²) in [7, 11) is 2.06. The molecule has 1 fully saturated rings. The van der Waals surface area contributed by atoms with Crippen molar-refractivity contribution in [3.8, 4) is 0 Å². The minimum absolute atomic E-state index is 0.515. The monoisotopic (exact) mass is 302 g/mol. The van der Waals surface area contributed by atoms with Gasteiger partial charge in [-0.25, -0.2) is 0 Å². The highest BCUT2D eigenvalue weighted by Crippen LogP contribution is 2.31. The molecule has 0 bridgehead atoms. The van der Waals surface area contributed by atoms with E-state index in [1.54, 1.807) is 0 Å². The topological polar surface area (TPSA) is 24.1 Å². The van der Waals surface area contributed by atoms with Crippen LogP contribution in [-0.4, -0.2) is 20.1 Å². The van der Waals surface area contributed by atoms with Crippen LogP contribution < -0.4 is 10.6 Å². The van der Waals surface area contributed by atoms with Crippen molar-refractivity contribution in [2.45, 2.75) is 25.3 Å². The Kier molecular flexibility index (Phi) is 4.82. The van der Waals surface area contributed by atoms with Crippen molar-refractivity contribution in [1.82, 2.24) is 10.6 Å². The molecule has 1 aliphatic heterocycles. The van der Waals surface area contributed by atoms with Crippen LogP contribution >= 0.6 is 27.3 Å². The molecule has 0 spiro atoms. The van der Waals surface area contributed by atoms with Crippen molar-refractivity contribution in [3.63, 3.8) is 0 Å². The van der Waals surface area contributed by atoms with E-state index >= 15 is 0 Å². The molecule has 4 heteroatoms. The molecule has 0 saturated carbocycles. The fourth-order valence-corrected chi connectivity index (χ4v) is 3.90. The van der Waals surface area contributed by atoms with Crippen molar-refractivity contribution in [1.29, 1.82) is 0 Å². The summed E-state index contributed by atoms with van der Waals surface area (Å²) in [6.07, 6.45) is 3.95. The Hall–Kier alpha value is 0.1000. The molecule has 1 aromatic heterocycles. The average Bonchev–Trinajstić information content (AvgIpc) is 2.74. The van der Waals surface area contributed by atoms with E-state index in [1.165, 1.54) is 41.0 Å². The van der Waals surface area contributed by atoms with E-state index in [-0.39, 0.29) is 0 Å². The Morgan fingerprint density at radius 3 is 3.06 bits per heavy atom. The summed E-state index contributed by atoms with van der Waals surface area (Å²) in [5, 5.41) is 6.93. The highest BCUT2D eigenvalue weighted by atomic mass is 79.9. The second kappa shape index (κ2) is 6.15. The van der Waals surface area contributed by atoms with Crippen LogP contribution in [-0.2, 0) is 0 Å². The molecule has 2 unspecified atom stereocenters. The Balaban J connectivity index is 1.94. The maximum Gasteiger partial charge on any atom is 0.0701 e. The van der Waals surface area contributed by atoms with Crippen molar-refractivity contribution < 1.29 is 0 Å². The Labute approximate surface area is 110 Å². The number of thiophene rings is 1. The normalized spacial score (nSPS) is 23.2. The highest BCUT2D eigenvalue weighted by Gasteiger charge is 2.19. The van der Waals surface area contributed by atoms with Crippen LogP contribution in [0.5, 0.6) is 0 Å². The predicted molar refractivity (Wildman–Crippen MR) is 74.0 cm³/mol. The molecule has 0 radical (unpaired) electrons. The van der Waals surface area contributed by atoms with Gasteiger partial charge in [0.05, 0.1) is 3.79 Å². The number of piperidine rings is 1. The van der Waals surface area contributed by atoms with E-state index in [0.29, 0.717) is 6.04 Å². The first-order valence-corrected chi connectivity index (χ1v) is 7.53. The van der Waals surface area contributed by atoms with Gasteiger partial charge in [-0.3, -0.25) is 0 Å². The van der Waals surface area contributed by atoms with Gasteiger partial charge in [0.15, 0.2) is 0 Å². The molecule has 0 amide bonds. The Bertz CT molecular complexity index is 321. The Morgan fingerprint density at radius 1 is 1.62 bits per heavy atom. The lowest BCUT2D eigenvalue weighted by Gasteiger charge is -2.26. The van der Waals surface area contributed by atoms with Crippen LogP contribution in [0.2, 0.25) is 0 Å². The molecule has 16 heavy (non-hydrogen) atoms. The first-order chi connectivity index (χ1) is 7.79. The number of nitrogens with one attached hydrogen (secondary N) is 2. The third-order valence-electron chi connectivity index (χ3n) is 3.25. The van der Waals surface area contributed by atoms with E-state index in [0.717, 1.165) is 5.92 Å². The van der Waals surface area contributed by atoms with E-state index in [2.05, 4.69) is 45.7 Å². The second-order valence-corrected chi connectivity index (χ2v) is 6.93. The third-order valence-corrected chi connectivity index (χ3v) is 4.99. The zero-order chi connectivity index (χ0) is 11.4. The molecule has 0 aliphatic carbocycles. The Morgan fingerprint density at radius 2 is 2.50 bits per heavy atom. The largest absolute Gasteiger partial charge is 0.316 e. The summed E-state index contributed by atoms with van der Waals surface area (Å²) in [5.41, 5.74) is 0. The summed E-state index contributed by atoms with van der Waals surface area (Å²) in [5.74, 6) is 0.826. The van der Waals surface area contributed by atoms with Gasteiger partial charge < -0.3 is 10.6 Å². The highest BCUT2D eigenvalue weighted by molar-refractivity contribution is 9.11. The number of hydrogen-bond donors (Lipinski definition) is 2. The summed E-state index contributed by atoms with van der Waals surface area (Å²) in [4.78, 5) is 1.44. The quantitative estimate of drug-likeness (QED) is 0.893. The van der Waals surface area contributed by atoms with Crippen LogP contribution in [0, 0.1) is 5.92 Å². The molecule has 2 atom stereocenters. The zero-order valence-electron chi connectivity index (χ0n) is 9.63. The number of rotatable bonds is 4. The number of hydrogen-bond acceptors (Lipinski definition) is 3. The summed E-state index contributed by atoms with van der Waals surface area (Å²) >= 11 is 5.38. The van der Waals surface area contributed by atoms with Gasteiger partial charge >= 0.3 is 0 Å². The van der Waals surface area contributed by atoms with Crippen LogP contribution in [0.25, 0.3) is 0 Å². The summed E-state index contributed by atoms with van der Waals surface area (Å²) in [6.45, 7) is 2.38.